The van der Waals surface area contributed by atoms with Crippen molar-refractivity contribution in [3.8, 4) is 0 Å². The molecule has 1 unspecified atom stereocenters. The van der Waals surface area contributed by atoms with Crippen molar-refractivity contribution < 1.29 is 9.53 Å². The molecular formula is C10H23Cl2N3O2S. The minimum absolute atomic E-state index is 0. The molecule has 0 saturated carbocycles. The predicted octanol–water partition coefficient (Wildman–Crippen LogP) is -0.0313. The molecule has 0 aliphatic carbocycles. The lowest BCUT2D eigenvalue weighted by molar-refractivity contribution is -0.130. The van der Waals surface area contributed by atoms with Gasteiger partial charge in [0.15, 0.2) is 0 Å². The van der Waals surface area contributed by atoms with Crippen LogP contribution in [0.15, 0.2) is 0 Å². The Bertz CT molecular complexity index is 215. The molecule has 1 saturated heterocycles. The van der Waals surface area contributed by atoms with E-state index in [0.29, 0.717) is 6.54 Å². The van der Waals surface area contributed by atoms with Crippen molar-refractivity contribution >= 4 is 42.5 Å². The average molecular weight is 320 g/mol. The fraction of sp³-hybridized carbons (Fsp3) is 0.900. The topological polar surface area (TPSA) is 67.6 Å². The van der Waals surface area contributed by atoms with E-state index in [-0.39, 0.29) is 37.3 Å². The summed E-state index contributed by atoms with van der Waals surface area (Å²) in [7, 11) is 1.50. The molecule has 1 heterocycles. The van der Waals surface area contributed by atoms with Gasteiger partial charge in [-0.1, -0.05) is 0 Å². The van der Waals surface area contributed by atoms with Crippen LogP contribution in [0, 0.1) is 0 Å². The smallest absolute Gasteiger partial charge is 0.250 e. The zero-order valence-corrected chi connectivity index (χ0v) is 13.0. The second kappa shape index (κ2) is 12.3. The molecule has 1 amide bonds. The second-order valence-electron chi connectivity index (χ2n) is 3.71. The number of carbonyl (C=O) groups is 1. The third kappa shape index (κ3) is 7.66. The van der Waals surface area contributed by atoms with E-state index in [0.717, 1.165) is 19.6 Å². The summed E-state index contributed by atoms with van der Waals surface area (Å²) in [6.07, 6.45) is -0.517. The number of rotatable bonds is 6. The maximum Gasteiger partial charge on any atom is 0.250 e. The molecule has 0 aromatic rings. The van der Waals surface area contributed by atoms with E-state index in [1.54, 1.807) is 0 Å². The Labute approximate surface area is 125 Å². The van der Waals surface area contributed by atoms with Crippen LogP contribution in [0.4, 0.5) is 0 Å². The fourth-order valence-electron chi connectivity index (χ4n) is 1.59. The predicted molar refractivity (Wildman–Crippen MR) is 81.1 cm³/mol. The van der Waals surface area contributed by atoms with Crippen LogP contribution in [0.2, 0.25) is 0 Å². The van der Waals surface area contributed by atoms with E-state index < -0.39 is 6.10 Å². The lowest BCUT2D eigenvalue weighted by atomic mass is 10.3. The van der Waals surface area contributed by atoms with Crippen LogP contribution < -0.4 is 11.1 Å². The fourth-order valence-corrected chi connectivity index (χ4v) is 2.56. The van der Waals surface area contributed by atoms with Gasteiger partial charge in [0.1, 0.15) is 6.10 Å². The number of ether oxygens (including phenoxy) is 1. The first kappa shape index (κ1) is 20.6. The molecule has 1 aliphatic rings. The van der Waals surface area contributed by atoms with Crippen LogP contribution in [0.5, 0.6) is 0 Å². The minimum Gasteiger partial charge on any atom is -0.370 e. The molecular weight excluding hydrogens is 297 g/mol. The van der Waals surface area contributed by atoms with Crippen molar-refractivity contribution in [1.82, 2.24) is 10.2 Å². The average Bonchev–Trinajstić information content (AvgIpc) is 2.32. The molecule has 0 radical (unpaired) electrons. The summed E-state index contributed by atoms with van der Waals surface area (Å²) >= 11 is 1.99. The summed E-state index contributed by atoms with van der Waals surface area (Å²) in [6, 6.07) is 0. The number of amides is 1. The molecule has 0 aromatic carbocycles. The molecule has 8 heteroatoms. The molecule has 110 valence electrons. The highest BCUT2D eigenvalue weighted by molar-refractivity contribution is 7.99. The molecule has 1 fully saturated rings. The van der Waals surface area contributed by atoms with Crippen LogP contribution in [0.1, 0.15) is 0 Å². The maximum atomic E-state index is 11.5. The summed E-state index contributed by atoms with van der Waals surface area (Å²) in [4.78, 5) is 13.9. The van der Waals surface area contributed by atoms with Gasteiger partial charge in [-0.25, -0.2) is 0 Å². The van der Waals surface area contributed by atoms with Gasteiger partial charge in [0.05, 0.1) is 0 Å². The quantitative estimate of drug-likeness (QED) is 0.719. The zero-order chi connectivity index (χ0) is 11.8. The number of hydrogen-bond donors (Lipinski definition) is 2. The Balaban J connectivity index is 0. The highest BCUT2D eigenvalue weighted by Gasteiger charge is 2.15. The van der Waals surface area contributed by atoms with E-state index in [2.05, 4.69) is 10.2 Å². The van der Waals surface area contributed by atoms with Crippen molar-refractivity contribution in [2.24, 2.45) is 5.73 Å². The normalized spacial score (nSPS) is 17.2. The van der Waals surface area contributed by atoms with Gasteiger partial charge in [-0.05, 0) is 0 Å². The van der Waals surface area contributed by atoms with Gasteiger partial charge in [-0.15, -0.1) is 24.8 Å². The van der Waals surface area contributed by atoms with Crippen LogP contribution in [0.3, 0.4) is 0 Å². The molecule has 1 rings (SSSR count). The van der Waals surface area contributed by atoms with Crippen LogP contribution in [-0.2, 0) is 9.53 Å². The van der Waals surface area contributed by atoms with E-state index in [9.17, 15) is 4.79 Å². The van der Waals surface area contributed by atoms with Gasteiger partial charge in [0, 0.05) is 51.3 Å². The zero-order valence-electron chi connectivity index (χ0n) is 10.6. The Kier molecular flexibility index (Phi) is 14.1. The van der Waals surface area contributed by atoms with Crippen LogP contribution in [-0.4, -0.2) is 68.3 Å². The van der Waals surface area contributed by atoms with Crippen molar-refractivity contribution in [1.29, 1.82) is 0 Å². The molecule has 0 aromatic heterocycles. The number of hydrogen-bond acceptors (Lipinski definition) is 5. The van der Waals surface area contributed by atoms with Crippen molar-refractivity contribution in [2.75, 3.05) is 51.3 Å². The second-order valence-corrected chi connectivity index (χ2v) is 4.93. The van der Waals surface area contributed by atoms with Crippen LogP contribution >= 0.6 is 36.6 Å². The first-order chi connectivity index (χ1) is 7.77. The molecule has 1 atom stereocenters. The number of methoxy groups -OCH3 is 1. The van der Waals surface area contributed by atoms with Crippen molar-refractivity contribution in [2.45, 2.75) is 6.10 Å². The third-order valence-corrected chi connectivity index (χ3v) is 3.56. The highest BCUT2D eigenvalue weighted by atomic mass is 35.5. The van der Waals surface area contributed by atoms with E-state index >= 15 is 0 Å². The van der Waals surface area contributed by atoms with E-state index in [1.165, 1.54) is 18.6 Å². The molecule has 5 nitrogen and oxygen atoms in total. The summed E-state index contributed by atoms with van der Waals surface area (Å²) in [5.74, 6) is 2.27. The minimum atomic E-state index is -0.517. The summed E-state index contributed by atoms with van der Waals surface area (Å²) in [5.41, 5.74) is 5.40. The maximum absolute atomic E-state index is 11.5. The van der Waals surface area contributed by atoms with Crippen LogP contribution in [0.25, 0.3) is 0 Å². The third-order valence-electron chi connectivity index (χ3n) is 2.62. The van der Waals surface area contributed by atoms with Gasteiger partial charge in [0.25, 0.3) is 0 Å². The van der Waals surface area contributed by atoms with E-state index in [4.69, 9.17) is 10.5 Å². The van der Waals surface area contributed by atoms with Crippen molar-refractivity contribution in [3.05, 3.63) is 0 Å². The molecule has 3 N–H and O–H groups in total. The Morgan fingerprint density at radius 2 is 2.06 bits per heavy atom. The SMILES string of the molecule is COC(CN)C(=O)NCCN1CCSCC1.Cl.Cl. The number of nitrogens with two attached hydrogens (primary N) is 1. The Morgan fingerprint density at radius 1 is 1.44 bits per heavy atom. The van der Waals surface area contributed by atoms with Crippen molar-refractivity contribution in [3.63, 3.8) is 0 Å². The van der Waals surface area contributed by atoms with Gasteiger partial charge < -0.3 is 15.8 Å². The molecule has 1 aliphatic heterocycles. The summed E-state index contributed by atoms with van der Waals surface area (Å²) < 4.78 is 4.95. The Morgan fingerprint density at radius 3 is 2.56 bits per heavy atom. The largest absolute Gasteiger partial charge is 0.370 e. The van der Waals surface area contributed by atoms with Gasteiger partial charge in [-0.3, -0.25) is 9.69 Å². The number of nitrogens with zero attached hydrogens (tertiary/aromatic N) is 1. The molecule has 18 heavy (non-hydrogen) atoms. The van der Waals surface area contributed by atoms with Gasteiger partial charge >= 0.3 is 0 Å². The first-order valence-corrected chi connectivity index (χ1v) is 6.74. The first-order valence-electron chi connectivity index (χ1n) is 5.58. The summed E-state index contributed by atoms with van der Waals surface area (Å²) in [6.45, 7) is 4.04. The number of thioether (sulfide) groups is 1. The Hall–Kier alpha value is 0.280. The molecule has 0 bridgehead atoms. The van der Waals surface area contributed by atoms with Gasteiger partial charge in [0.2, 0.25) is 5.91 Å². The number of halogens is 2. The van der Waals surface area contributed by atoms with E-state index in [1.807, 2.05) is 11.8 Å². The monoisotopic (exact) mass is 319 g/mol. The summed E-state index contributed by atoms with van der Waals surface area (Å²) in [5, 5.41) is 2.84. The molecule has 0 spiro atoms. The highest BCUT2D eigenvalue weighted by Crippen LogP contribution is 2.07. The lowest BCUT2D eigenvalue weighted by Gasteiger charge is -2.26. The van der Waals surface area contributed by atoms with Gasteiger partial charge in [-0.2, -0.15) is 11.8 Å². The standard InChI is InChI=1S/C10H21N3O2S.2ClH/c1-15-9(8-11)10(14)12-2-3-13-4-6-16-7-5-13;;/h9H,2-8,11H2,1H3,(H,12,14);2*1H. The lowest BCUT2D eigenvalue weighted by Crippen LogP contribution is -2.44. The number of nitrogens with one attached hydrogen (secondary N) is 1. The number of carbonyl (C=O) groups excluding carboxylic acids is 1.